The summed E-state index contributed by atoms with van der Waals surface area (Å²) in [5, 5.41) is 20.2. The highest BCUT2D eigenvalue weighted by molar-refractivity contribution is 5.78. The van der Waals surface area contributed by atoms with Gasteiger partial charge in [-0.3, -0.25) is 9.59 Å². The zero-order chi connectivity index (χ0) is 21.2. The molecule has 1 aliphatic rings. The van der Waals surface area contributed by atoms with Crippen molar-refractivity contribution in [3.05, 3.63) is 30.7 Å². The van der Waals surface area contributed by atoms with Crippen molar-refractivity contribution in [2.45, 2.75) is 45.1 Å². The normalized spacial score (nSPS) is 20.1. The predicted molar refractivity (Wildman–Crippen MR) is 110 cm³/mol. The smallest absolute Gasteiger partial charge is 0.303 e. The van der Waals surface area contributed by atoms with Crippen molar-refractivity contribution < 1.29 is 19.8 Å². The lowest BCUT2D eigenvalue weighted by atomic mass is 9.85. The fourth-order valence-corrected chi connectivity index (χ4v) is 4.17. The molecule has 1 atom stereocenters. The van der Waals surface area contributed by atoms with Crippen LogP contribution in [0.25, 0.3) is 5.52 Å². The molecule has 0 aliphatic carbocycles. The van der Waals surface area contributed by atoms with Gasteiger partial charge in [-0.1, -0.05) is 13.8 Å². The molecule has 0 saturated carbocycles. The maximum absolute atomic E-state index is 12.6. The second-order valence-electron chi connectivity index (χ2n) is 8.96. The Morgan fingerprint density at radius 2 is 2.07 bits per heavy atom. The Labute approximate surface area is 170 Å². The first-order chi connectivity index (χ1) is 13.6. The van der Waals surface area contributed by atoms with Gasteiger partial charge in [-0.05, 0) is 30.4 Å². The summed E-state index contributed by atoms with van der Waals surface area (Å²) in [5.41, 5.74) is -0.690. The van der Waals surface area contributed by atoms with Gasteiger partial charge in [0.05, 0.1) is 24.1 Å². The quantitative estimate of drug-likeness (QED) is 0.735. The molecule has 0 unspecified atom stereocenters. The van der Waals surface area contributed by atoms with Gasteiger partial charge in [0.1, 0.15) is 0 Å². The summed E-state index contributed by atoms with van der Waals surface area (Å²) in [7, 11) is 1.67. The number of piperidine rings is 1. The number of hydrogen-bond donors (Lipinski definition) is 2. The van der Waals surface area contributed by atoms with Crippen molar-refractivity contribution in [2.75, 3.05) is 31.6 Å². The van der Waals surface area contributed by atoms with E-state index in [0.717, 1.165) is 24.3 Å². The van der Waals surface area contributed by atoms with Crippen LogP contribution in [0.2, 0.25) is 0 Å². The van der Waals surface area contributed by atoms with E-state index in [1.165, 1.54) is 4.90 Å². The summed E-state index contributed by atoms with van der Waals surface area (Å²) in [6, 6.07) is 3.96. The molecule has 0 radical (unpaired) electrons. The van der Waals surface area contributed by atoms with Crippen molar-refractivity contribution in [3.63, 3.8) is 0 Å². The average molecular weight is 402 g/mol. The maximum Gasteiger partial charge on any atom is 0.303 e. The number of aromatic nitrogens is 2. The third-order valence-electron chi connectivity index (χ3n) is 5.50. The number of amides is 1. The van der Waals surface area contributed by atoms with Gasteiger partial charge in [-0.15, -0.1) is 0 Å². The molecular formula is C21H30N4O4. The lowest BCUT2D eigenvalue weighted by Crippen LogP contribution is -2.55. The Hall–Kier alpha value is -2.61. The Bertz CT molecular complexity index is 894. The van der Waals surface area contributed by atoms with Crippen molar-refractivity contribution in [1.29, 1.82) is 0 Å². The molecular weight excluding hydrogens is 372 g/mol. The van der Waals surface area contributed by atoms with Gasteiger partial charge < -0.3 is 24.4 Å². The molecule has 2 N–H and O–H groups in total. The number of carbonyl (C=O) groups is 2. The molecule has 1 aliphatic heterocycles. The molecule has 8 nitrogen and oxygen atoms in total. The summed E-state index contributed by atoms with van der Waals surface area (Å²) < 4.78 is 2.00. The molecule has 0 aromatic carbocycles. The fraction of sp³-hybridized carbons (Fsp3) is 0.571. The molecule has 1 amide bonds. The van der Waals surface area contributed by atoms with Gasteiger partial charge in [0, 0.05) is 45.1 Å². The van der Waals surface area contributed by atoms with E-state index in [0.29, 0.717) is 13.0 Å². The van der Waals surface area contributed by atoms with Crippen molar-refractivity contribution >= 4 is 23.2 Å². The first-order valence-electron chi connectivity index (χ1n) is 9.93. The number of anilines is 1. The van der Waals surface area contributed by atoms with Crippen LogP contribution in [-0.4, -0.2) is 68.7 Å². The highest BCUT2D eigenvalue weighted by Crippen LogP contribution is 2.30. The Morgan fingerprint density at radius 3 is 2.79 bits per heavy atom. The van der Waals surface area contributed by atoms with Crippen LogP contribution in [0.3, 0.4) is 0 Å². The lowest BCUT2D eigenvalue weighted by Gasteiger charge is -2.42. The number of β-amino-alcohol motifs (C(OH)–C–C–N with tert-alkyl or cyclic N) is 1. The molecule has 1 fully saturated rings. The van der Waals surface area contributed by atoms with E-state index >= 15 is 0 Å². The van der Waals surface area contributed by atoms with Crippen LogP contribution in [0.5, 0.6) is 0 Å². The minimum atomic E-state index is -1.04. The van der Waals surface area contributed by atoms with E-state index < -0.39 is 17.0 Å². The summed E-state index contributed by atoms with van der Waals surface area (Å²) in [6.07, 6.45) is 7.05. The summed E-state index contributed by atoms with van der Waals surface area (Å²) in [4.78, 5) is 31.8. The predicted octanol–water partition coefficient (Wildman–Crippen LogP) is 2.01. The first kappa shape index (κ1) is 21.1. The van der Waals surface area contributed by atoms with E-state index in [9.17, 15) is 14.7 Å². The van der Waals surface area contributed by atoms with Gasteiger partial charge in [-0.25, -0.2) is 4.98 Å². The molecule has 0 spiro atoms. The van der Waals surface area contributed by atoms with Crippen molar-refractivity contribution in [1.82, 2.24) is 14.3 Å². The lowest BCUT2D eigenvalue weighted by molar-refractivity contribution is -0.141. The van der Waals surface area contributed by atoms with Crippen molar-refractivity contribution in [2.24, 2.45) is 5.41 Å². The van der Waals surface area contributed by atoms with Crippen LogP contribution < -0.4 is 4.90 Å². The zero-order valence-electron chi connectivity index (χ0n) is 17.3. The molecule has 2 aromatic heterocycles. The third-order valence-corrected chi connectivity index (χ3v) is 5.50. The van der Waals surface area contributed by atoms with Crippen LogP contribution in [0.1, 0.15) is 39.5 Å². The number of hydrogen-bond acceptors (Lipinski definition) is 5. The van der Waals surface area contributed by atoms with Crippen LogP contribution >= 0.6 is 0 Å². The highest BCUT2D eigenvalue weighted by atomic mass is 16.4. The number of aliphatic hydroxyl groups is 1. The number of carboxylic acids is 1. The van der Waals surface area contributed by atoms with E-state index in [1.807, 2.05) is 28.9 Å². The summed E-state index contributed by atoms with van der Waals surface area (Å²) >= 11 is 0. The number of rotatable bonds is 7. The maximum atomic E-state index is 12.6. The minimum Gasteiger partial charge on any atom is -0.481 e. The largest absolute Gasteiger partial charge is 0.481 e. The molecule has 8 heteroatoms. The Balaban J connectivity index is 1.67. The third kappa shape index (κ3) is 5.06. The molecule has 0 bridgehead atoms. The molecule has 1 saturated heterocycles. The highest BCUT2D eigenvalue weighted by Gasteiger charge is 2.37. The SMILES string of the molecule is CN(C[C@@]1(O)CCCN(c2nccn3cccc23)C1)C(=O)CC(C)(C)CC(=O)O. The van der Waals surface area contributed by atoms with Crippen LogP contribution in [0, 0.1) is 5.41 Å². The monoisotopic (exact) mass is 402 g/mol. The fourth-order valence-electron chi connectivity index (χ4n) is 4.17. The van der Waals surface area contributed by atoms with Gasteiger partial charge >= 0.3 is 5.97 Å². The van der Waals surface area contributed by atoms with E-state index in [2.05, 4.69) is 9.88 Å². The van der Waals surface area contributed by atoms with Gasteiger partial charge in [0.25, 0.3) is 0 Å². The van der Waals surface area contributed by atoms with Gasteiger partial charge in [0.15, 0.2) is 5.82 Å². The van der Waals surface area contributed by atoms with Crippen LogP contribution in [0.15, 0.2) is 30.7 Å². The molecule has 3 rings (SSSR count). The second-order valence-corrected chi connectivity index (χ2v) is 8.96. The number of likely N-dealkylation sites (N-methyl/N-ethyl adjacent to an activating group) is 1. The number of fused-ring (bicyclic) bond motifs is 1. The molecule has 158 valence electrons. The van der Waals surface area contributed by atoms with E-state index in [1.54, 1.807) is 27.1 Å². The number of nitrogens with zero attached hydrogens (tertiary/aromatic N) is 4. The molecule has 2 aromatic rings. The minimum absolute atomic E-state index is 0.0718. The Kier molecular flexibility index (Phi) is 5.84. The second kappa shape index (κ2) is 8.02. The summed E-state index contributed by atoms with van der Waals surface area (Å²) in [6.45, 7) is 4.93. The molecule has 3 heterocycles. The standard InChI is InChI=1S/C21H30N4O4/c1-20(2,13-18(27)28)12-17(26)23(3)14-21(29)7-5-10-25(15-21)19-16-6-4-9-24(16)11-8-22-19/h4,6,8-9,11,29H,5,7,10,12-15H2,1-3H3,(H,27,28)/t21-/m0/s1. The topological polar surface area (TPSA) is 98.4 Å². The number of aliphatic carboxylic acids is 1. The summed E-state index contributed by atoms with van der Waals surface area (Å²) in [5.74, 6) is -0.250. The zero-order valence-corrected chi connectivity index (χ0v) is 17.3. The molecule has 29 heavy (non-hydrogen) atoms. The van der Waals surface area contributed by atoms with E-state index in [4.69, 9.17) is 5.11 Å². The average Bonchev–Trinajstić information content (AvgIpc) is 3.08. The van der Waals surface area contributed by atoms with E-state index in [-0.39, 0.29) is 25.3 Å². The van der Waals surface area contributed by atoms with Crippen LogP contribution in [-0.2, 0) is 9.59 Å². The van der Waals surface area contributed by atoms with Gasteiger partial charge in [0.2, 0.25) is 5.91 Å². The number of carboxylic acid groups (broad SMARTS) is 1. The number of carbonyl (C=O) groups excluding carboxylic acids is 1. The Morgan fingerprint density at radius 1 is 1.31 bits per heavy atom. The van der Waals surface area contributed by atoms with Crippen LogP contribution in [0.4, 0.5) is 5.82 Å². The first-order valence-corrected chi connectivity index (χ1v) is 9.93. The van der Waals surface area contributed by atoms with Gasteiger partial charge in [-0.2, -0.15) is 0 Å². The van der Waals surface area contributed by atoms with Crippen molar-refractivity contribution in [3.8, 4) is 0 Å².